The number of benzene rings is 1. The van der Waals surface area contributed by atoms with Gasteiger partial charge in [-0.2, -0.15) is 0 Å². The van der Waals surface area contributed by atoms with E-state index >= 15 is 0 Å². The average Bonchev–Trinajstić information content (AvgIpc) is 2.45. The Balaban J connectivity index is 2.73. The number of rotatable bonds is 9. The van der Waals surface area contributed by atoms with E-state index < -0.39 is 0 Å². The molecular formula is C15H25BrN2O2. The fourth-order valence-electron chi connectivity index (χ4n) is 2.04. The van der Waals surface area contributed by atoms with E-state index in [1.165, 1.54) is 0 Å². The maximum Gasteiger partial charge on any atom is 0.175 e. The quantitative estimate of drug-likeness (QED) is 0.746. The van der Waals surface area contributed by atoms with Crippen LogP contribution in [-0.4, -0.2) is 45.3 Å². The molecular weight excluding hydrogens is 320 g/mol. The molecule has 0 aliphatic heterocycles. The smallest absolute Gasteiger partial charge is 0.175 e. The first kappa shape index (κ1) is 17.3. The summed E-state index contributed by atoms with van der Waals surface area (Å²) in [4.78, 5) is 2.33. The zero-order valence-corrected chi connectivity index (χ0v) is 14.4. The van der Waals surface area contributed by atoms with E-state index in [1.54, 1.807) is 7.11 Å². The van der Waals surface area contributed by atoms with Crippen molar-refractivity contribution in [2.75, 3.05) is 40.4 Å². The van der Waals surface area contributed by atoms with E-state index in [0.717, 1.165) is 47.7 Å². The van der Waals surface area contributed by atoms with E-state index in [1.807, 2.05) is 13.1 Å². The van der Waals surface area contributed by atoms with Crippen molar-refractivity contribution in [3.63, 3.8) is 0 Å². The Kier molecular flexibility index (Phi) is 7.95. The number of nitrogens with one attached hydrogen (secondary N) is 1. The lowest BCUT2D eigenvalue weighted by Crippen LogP contribution is -2.28. The normalized spacial score (nSPS) is 10.9. The summed E-state index contributed by atoms with van der Waals surface area (Å²) >= 11 is 3.56. The van der Waals surface area contributed by atoms with Gasteiger partial charge in [0.25, 0.3) is 0 Å². The summed E-state index contributed by atoms with van der Waals surface area (Å²) in [6.07, 6.45) is 0. The number of nitrogens with zero attached hydrogens (tertiary/aromatic N) is 1. The van der Waals surface area contributed by atoms with Gasteiger partial charge in [0.2, 0.25) is 0 Å². The van der Waals surface area contributed by atoms with Gasteiger partial charge >= 0.3 is 0 Å². The van der Waals surface area contributed by atoms with Gasteiger partial charge in [0.05, 0.1) is 11.6 Å². The molecule has 0 saturated carbocycles. The maximum absolute atomic E-state index is 5.89. The number of ether oxygens (including phenoxy) is 2. The Bertz CT molecular complexity index is 409. The molecule has 0 unspecified atom stereocenters. The van der Waals surface area contributed by atoms with Crippen LogP contribution >= 0.6 is 15.9 Å². The first-order chi connectivity index (χ1) is 9.65. The third-order valence-electron chi connectivity index (χ3n) is 3.22. The molecule has 0 bridgehead atoms. The molecule has 0 aromatic heterocycles. The number of methoxy groups -OCH3 is 1. The molecule has 0 atom stereocenters. The highest BCUT2D eigenvalue weighted by molar-refractivity contribution is 9.10. The van der Waals surface area contributed by atoms with Crippen LogP contribution < -0.4 is 14.8 Å². The monoisotopic (exact) mass is 344 g/mol. The molecule has 114 valence electrons. The largest absolute Gasteiger partial charge is 0.493 e. The average molecular weight is 345 g/mol. The van der Waals surface area contributed by atoms with E-state index in [0.29, 0.717) is 6.61 Å². The third-order valence-corrected chi connectivity index (χ3v) is 3.81. The second kappa shape index (κ2) is 9.21. The molecule has 5 heteroatoms. The minimum atomic E-state index is 0.655. The SMILES string of the molecule is CCN(CC)CCOc1c(Br)cc(CNC)cc1OC. The van der Waals surface area contributed by atoms with Crippen LogP contribution in [0.5, 0.6) is 11.5 Å². The molecule has 1 aromatic rings. The van der Waals surface area contributed by atoms with Crippen LogP contribution in [0.3, 0.4) is 0 Å². The Labute approximate surface area is 130 Å². The summed E-state index contributed by atoms with van der Waals surface area (Å²) in [5.41, 5.74) is 1.16. The van der Waals surface area contributed by atoms with Crippen molar-refractivity contribution in [2.24, 2.45) is 0 Å². The van der Waals surface area contributed by atoms with Crippen LogP contribution in [0.25, 0.3) is 0 Å². The number of halogens is 1. The highest BCUT2D eigenvalue weighted by atomic mass is 79.9. The van der Waals surface area contributed by atoms with Crippen LogP contribution in [0, 0.1) is 0 Å². The van der Waals surface area contributed by atoms with Crippen LogP contribution in [0.15, 0.2) is 16.6 Å². The molecule has 20 heavy (non-hydrogen) atoms. The topological polar surface area (TPSA) is 33.7 Å². The van der Waals surface area contributed by atoms with Crippen molar-refractivity contribution in [1.29, 1.82) is 0 Å². The Morgan fingerprint density at radius 2 is 1.95 bits per heavy atom. The van der Waals surface area contributed by atoms with Crippen molar-refractivity contribution < 1.29 is 9.47 Å². The summed E-state index contributed by atoms with van der Waals surface area (Å²) in [6, 6.07) is 4.07. The summed E-state index contributed by atoms with van der Waals surface area (Å²) in [5.74, 6) is 1.55. The minimum Gasteiger partial charge on any atom is -0.493 e. The molecule has 0 aliphatic carbocycles. The highest BCUT2D eigenvalue weighted by Crippen LogP contribution is 2.36. The second-order valence-corrected chi connectivity index (χ2v) is 5.37. The molecule has 0 radical (unpaired) electrons. The van der Waals surface area contributed by atoms with Gasteiger partial charge in [-0.25, -0.2) is 0 Å². The van der Waals surface area contributed by atoms with Crippen LogP contribution in [0.1, 0.15) is 19.4 Å². The van der Waals surface area contributed by atoms with Crippen molar-refractivity contribution in [2.45, 2.75) is 20.4 Å². The molecule has 1 rings (SSSR count). The lowest BCUT2D eigenvalue weighted by molar-refractivity contribution is 0.216. The number of hydrogen-bond donors (Lipinski definition) is 1. The summed E-state index contributed by atoms with van der Waals surface area (Å²) < 4.78 is 12.3. The van der Waals surface area contributed by atoms with E-state index in [4.69, 9.17) is 9.47 Å². The first-order valence-corrected chi connectivity index (χ1v) is 7.81. The van der Waals surface area contributed by atoms with E-state index in [-0.39, 0.29) is 0 Å². The fraction of sp³-hybridized carbons (Fsp3) is 0.600. The molecule has 0 fully saturated rings. The van der Waals surface area contributed by atoms with Crippen LogP contribution in [-0.2, 0) is 6.54 Å². The molecule has 0 aliphatic rings. The lowest BCUT2D eigenvalue weighted by Gasteiger charge is -2.19. The van der Waals surface area contributed by atoms with Crippen molar-refractivity contribution in [3.05, 3.63) is 22.2 Å². The summed E-state index contributed by atoms with van der Waals surface area (Å²) in [6.45, 7) is 8.77. The minimum absolute atomic E-state index is 0.655. The van der Waals surface area contributed by atoms with Gasteiger partial charge in [-0.05, 0) is 53.8 Å². The standard InChI is InChI=1S/C15H25BrN2O2/c1-5-18(6-2)7-8-20-15-13(16)9-12(11-17-3)10-14(15)19-4/h9-10,17H,5-8,11H2,1-4H3. The fourth-order valence-corrected chi connectivity index (χ4v) is 2.64. The Morgan fingerprint density at radius 3 is 2.50 bits per heavy atom. The zero-order chi connectivity index (χ0) is 15.0. The molecule has 0 amide bonds. The first-order valence-electron chi connectivity index (χ1n) is 7.02. The highest BCUT2D eigenvalue weighted by Gasteiger charge is 2.12. The van der Waals surface area contributed by atoms with Gasteiger partial charge in [-0.3, -0.25) is 0 Å². The van der Waals surface area contributed by atoms with Gasteiger partial charge < -0.3 is 19.7 Å². The maximum atomic E-state index is 5.89. The van der Waals surface area contributed by atoms with E-state index in [9.17, 15) is 0 Å². The van der Waals surface area contributed by atoms with Crippen molar-refractivity contribution >= 4 is 15.9 Å². The second-order valence-electron chi connectivity index (χ2n) is 4.51. The lowest BCUT2D eigenvalue weighted by atomic mass is 10.2. The van der Waals surface area contributed by atoms with E-state index in [2.05, 4.69) is 46.1 Å². The van der Waals surface area contributed by atoms with Gasteiger partial charge in [0, 0.05) is 13.1 Å². The number of hydrogen-bond acceptors (Lipinski definition) is 4. The van der Waals surface area contributed by atoms with Crippen LogP contribution in [0.2, 0.25) is 0 Å². The zero-order valence-electron chi connectivity index (χ0n) is 12.8. The molecule has 1 aromatic carbocycles. The molecule has 0 spiro atoms. The summed E-state index contributed by atoms with van der Waals surface area (Å²) in [7, 11) is 3.59. The van der Waals surface area contributed by atoms with Crippen molar-refractivity contribution in [3.8, 4) is 11.5 Å². The predicted octanol–water partition coefficient (Wildman–Crippen LogP) is 2.90. The molecule has 1 N–H and O–H groups in total. The van der Waals surface area contributed by atoms with Gasteiger partial charge in [-0.1, -0.05) is 13.8 Å². The van der Waals surface area contributed by atoms with Gasteiger partial charge in [0.15, 0.2) is 11.5 Å². The third kappa shape index (κ3) is 4.96. The van der Waals surface area contributed by atoms with Crippen molar-refractivity contribution in [1.82, 2.24) is 10.2 Å². The molecule has 4 nitrogen and oxygen atoms in total. The molecule has 0 heterocycles. The Hall–Kier alpha value is -0.780. The molecule has 0 saturated heterocycles. The predicted molar refractivity (Wildman–Crippen MR) is 86.7 cm³/mol. The number of likely N-dealkylation sites (N-methyl/N-ethyl adjacent to an activating group) is 1. The van der Waals surface area contributed by atoms with Crippen LogP contribution in [0.4, 0.5) is 0 Å². The van der Waals surface area contributed by atoms with Gasteiger partial charge in [-0.15, -0.1) is 0 Å². The summed E-state index contributed by atoms with van der Waals surface area (Å²) in [5, 5.41) is 3.13. The Morgan fingerprint density at radius 1 is 1.25 bits per heavy atom. The van der Waals surface area contributed by atoms with Gasteiger partial charge in [0.1, 0.15) is 6.61 Å².